The Morgan fingerprint density at radius 1 is 1.33 bits per heavy atom. The van der Waals surface area contributed by atoms with Crippen LogP contribution in [-0.4, -0.2) is 5.78 Å². The Morgan fingerprint density at radius 2 is 2.00 bits per heavy atom. The zero-order valence-electron chi connectivity index (χ0n) is 8.11. The zero-order chi connectivity index (χ0) is 9.14. The number of carbonyl (C=O) groups excluding carboxylic acids is 1. The summed E-state index contributed by atoms with van der Waals surface area (Å²) in [6, 6.07) is 0. The molecule has 1 aliphatic rings. The summed E-state index contributed by atoms with van der Waals surface area (Å²) in [5.41, 5.74) is 3.42. The standard InChI is InChI=1S/C11H16O/c1-8(2)7-10-9(3)5-4-6-11(10)12/h7H,4-6H2,1-3H3. The Morgan fingerprint density at radius 3 is 2.50 bits per heavy atom. The molecule has 1 rings (SSSR count). The monoisotopic (exact) mass is 164 g/mol. The van der Waals surface area contributed by atoms with E-state index in [1.807, 2.05) is 19.9 Å². The van der Waals surface area contributed by atoms with Crippen LogP contribution < -0.4 is 0 Å². The maximum atomic E-state index is 11.4. The van der Waals surface area contributed by atoms with E-state index in [4.69, 9.17) is 0 Å². The Kier molecular flexibility index (Phi) is 2.85. The minimum Gasteiger partial charge on any atom is -0.294 e. The molecule has 1 aliphatic carbocycles. The number of hydrogen-bond donors (Lipinski definition) is 0. The molecule has 0 aliphatic heterocycles. The van der Waals surface area contributed by atoms with Crippen molar-refractivity contribution in [3.05, 3.63) is 22.8 Å². The second kappa shape index (κ2) is 3.70. The molecule has 0 atom stereocenters. The van der Waals surface area contributed by atoms with Gasteiger partial charge < -0.3 is 0 Å². The van der Waals surface area contributed by atoms with Gasteiger partial charge in [0.25, 0.3) is 0 Å². The highest BCUT2D eigenvalue weighted by atomic mass is 16.1. The van der Waals surface area contributed by atoms with E-state index in [1.54, 1.807) is 0 Å². The van der Waals surface area contributed by atoms with Crippen molar-refractivity contribution >= 4 is 5.78 Å². The van der Waals surface area contributed by atoms with Gasteiger partial charge in [-0.25, -0.2) is 0 Å². The predicted molar refractivity (Wildman–Crippen MR) is 51.0 cm³/mol. The van der Waals surface area contributed by atoms with Crippen LogP contribution >= 0.6 is 0 Å². The van der Waals surface area contributed by atoms with Gasteiger partial charge in [-0.2, -0.15) is 0 Å². The summed E-state index contributed by atoms with van der Waals surface area (Å²) in [7, 11) is 0. The summed E-state index contributed by atoms with van der Waals surface area (Å²) >= 11 is 0. The molecule has 1 nitrogen and oxygen atoms in total. The lowest BCUT2D eigenvalue weighted by molar-refractivity contribution is -0.115. The van der Waals surface area contributed by atoms with Crippen LogP contribution in [0.15, 0.2) is 22.8 Å². The van der Waals surface area contributed by atoms with E-state index in [2.05, 4.69) is 6.92 Å². The second-order valence-corrected chi connectivity index (χ2v) is 3.69. The van der Waals surface area contributed by atoms with Crippen molar-refractivity contribution < 1.29 is 4.79 Å². The van der Waals surface area contributed by atoms with Crippen LogP contribution in [-0.2, 0) is 4.79 Å². The highest BCUT2D eigenvalue weighted by Crippen LogP contribution is 2.23. The maximum Gasteiger partial charge on any atom is 0.162 e. The van der Waals surface area contributed by atoms with Gasteiger partial charge in [0.15, 0.2) is 5.78 Å². The van der Waals surface area contributed by atoms with Crippen molar-refractivity contribution in [2.24, 2.45) is 0 Å². The summed E-state index contributed by atoms with van der Waals surface area (Å²) in [5, 5.41) is 0. The molecule has 0 fully saturated rings. The van der Waals surface area contributed by atoms with Crippen molar-refractivity contribution in [2.45, 2.75) is 40.0 Å². The first-order valence-electron chi connectivity index (χ1n) is 4.49. The molecule has 0 N–H and O–H groups in total. The van der Waals surface area contributed by atoms with E-state index in [1.165, 1.54) is 11.1 Å². The van der Waals surface area contributed by atoms with Crippen LogP contribution in [0.3, 0.4) is 0 Å². The first-order chi connectivity index (χ1) is 5.61. The fourth-order valence-electron chi connectivity index (χ4n) is 1.51. The summed E-state index contributed by atoms with van der Waals surface area (Å²) in [6.07, 6.45) is 4.86. The van der Waals surface area contributed by atoms with Gasteiger partial charge in [0.05, 0.1) is 0 Å². The predicted octanol–water partition coefficient (Wildman–Crippen LogP) is 3.02. The molecular formula is C11H16O. The molecule has 0 spiro atoms. The van der Waals surface area contributed by atoms with Gasteiger partial charge in [-0.1, -0.05) is 17.2 Å². The lowest BCUT2D eigenvalue weighted by Crippen LogP contribution is -2.08. The van der Waals surface area contributed by atoms with Gasteiger partial charge in [0, 0.05) is 12.0 Å². The molecule has 0 radical (unpaired) electrons. The van der Waals surface area contributed by atoms with E-state index in [-0.39, 0.29) is 0 Å². The van der Waals surface area contributed by atoms with E-state index in [9.17, 15) is 4.79 Å². The SMILES string of the molecule is CC(C)=CC1=C(C)CCCC1=O. The highest BCUT2D eigenvalue weighted by Gasteiger charge is 2.15. The normalized spacial score (nSPS) is 18.1. The number of rotatable bonds is 1. The first-order valence-corrected chi connectivity index (χ1v) is 4.49. The largest absolute Gasteiger partial charge is 0.294 e. The molecule has 66 valence electrons. The molecule has 12 heavy (non-hydrogen) atoms. The number of allylic oxidation sites excluding steroid dienone is 4. The molecule has 0 heterocycles. The second-order valence-electron chi connectivity index (χ2n) is 3.69. The lowest BCUT2D eigenvalue weighted by Gasteiger charge is -2.13. The molecule has 0 unspecified atom stereocenters. The average Bonchev–Trinajstić information content (AvgIpc) is 1.97. The third-order valence-corrected chi connectivity index (χ3v) is 2.15. The van der Waals surface area contributed by atoms with Gasteiger partial charge in [-0.3, -0.25) is 4.79 Å². The minimum absolute atomic E-state index is 0.319. The molecule has 0 aromatic carbocycles. The molecular weight excluding hydrogens is 148 g/mol. The highest BCUT2D eigenvalue weighted by molar-refractivity contribution is 5.99. The van der Waals surface area contributed by atoms with E-state index in [0.29, 0.717) is 5.78 Å². The number of ketones is 1. The molecule has 0 bridgehead atoms. The Bertz CT molecular complexity index is 252. The summed E-state index contributed by atoms with van der Waals surface area (Å²) in [4.78, 5) is 11.4. The van der Waals surface area contributed by atoms with Gasteiger partial charge in [0.2, 0.25) is 0 Å². The van der Waals surface area contributed by atoms with Gasteiger partial charge in [0.1, 0.15) is 0 Å². The van der Waals surface area contributed by atoms with Crippen molar-refractivity contribution in [1.29, 1.82) is 0 Å². The smallest absolute Gasteiger partial charge is 0.162 e. The molecule has 0 saturated carbocycles. The van der Waals surface area contributed by atoms with Gasteiger partial charge >= 0.3 is 0 Å². The van der Waals surface area contributed by atoms with Crippen LogP contribution in [0.2, 0.25) is 0 Å². The minimum atomic E-state index is 0.319. The van der Waals surface area contributed by atoms with Crippen LogP contribution in [0.25, 0.3) is 0 Å². The third-order valence-electron chi connectivity index (χ3n) is 2.15. The molecule has 0 aromatic rings. The Labute approximate surface area is 74.2 Å². The topological polar surface area (TPSA) is 17.1 Å². The molecule has 0 saturated heterocycles. The van der Waals surface area contributed by atoms with Crippen LogP contribution in [0.4, 0.5) is 0 Å². The molecule has 1 heteroatoms. The third kappa shape index (κ3) is 2.07. The summed E-state index contributed by atoms with van der Waals surface area (Å²) in [5.74, 6) is 0.319. The van der Waals surface area contributed by atoms with E-state index in [0.717, 1.165) is 24.8 Å². The lowest BCUT2D eigenvalue weighted by atomic mass is 9.91. The van der Waals surface area contributed by atoms with Gasteiger partial charge in [-0.05, 0) is 33.6 Å². The number of Topliss-reactive ketones (excluding diaryl/α,β-unsaturated/α-hetero) is 1. The maximum absolute atomic E-state index is 11.4. The number of carbonyl (C=O) groups is 1. The van der Waals surface area contributed by atoms with Crippen molar-refractivity contribution in [1.82, 2.24) is 0 Å². The van der Waals surface area contributed by atoms with Crippen LogP contribution in [0.1, 0.15) is 40.0 Å². The van der Waals surface area contributed by atoms with Crippen molar-refractivity contribution in [3.63, 3.8) is 0 Å². The van der Waals surface area contributed by atoms with E-state index < -0.39 is 0 Å². The summed E-state index contributed by atoms with van der Waals surface area (Å²) < 4.78 is 0. The van der Waals surface area contributed by atoms with Crippen LogP contribution in [0.5, 0.6) is 0 Å². The fourth-order valence-corrected chi connectivity index (χ4v) is 1.51. The Balaban J connectivity index is 2.97. The number of hydrogen-bond acceptors (Lipinski definition) is 1. The van der Waals surface area contributed by atoms with Crippen molar-refractivity contribution in [2.75, 3.05) is 0 Å². The average molecular weight is 164 g/mol. The quantitative estimate of drug-likeness (QED) is 0.582. The zero-order valence-corrected chi connectivity index (χ0v) is 8.11. The van der Waals surface area contributed by atoms with Gasteiger partial charge in [-0.15, -0.1) is 0 Å². The molecule has 0 amide bonds. The molecule has 0 aromatic heterocycles. The van der Waals surface area contributed by atoms with Crippen molar-refractivity contribution in [3.8, 4) is 0 Å². The summed E-state index contributed by atoms with van der Waals surface area (Å²) in [6.45, 7) is 6.12. The van der Waals surface area contributed by atoms with E-state index >= 15 is 0 Å². The fraction of sp³-hybridized carbons (Fsp3) is 0.545. The first kappa shape index (κ1) is 9.24. The van der Waals surface area contributed by atoms with Crippen LogP contribution in [0, 0.1) is 0 Å². The Hall–Kier alpha value is -0.850.